The number of benzene rings is 3. The zero-order chi connectivity index (χ0) is 30.3. The van der Waals surface area contributed by atoms with Gasteiger partial charge in [0.2, 0.25) is 0 Å². The smallest absolute Gasteiger partial charge is 0.0561 e. The average Bonchev–Trinajstić information content (AvgIpc) is 2.99. The summed E-state index contributed by atoms with van der Waals surface area (Å²) >= 11 is 0. The van der Waals surface area contributed by atoms with Crippen LogP contribution in [0.5, 0.6) is 0 Å². The minimum Gasteiger partial charge on any atom is -0.264 e. The van der Waals surface area contributed by atoms with Crippen LogP contribution in [0.15, 0.2) is 122 Å². The van der Waals surface area contributed by atoms with Gasteiger partial charge in [-0.25, -0.2) is 0 Å². The van der Waals surface area contributed by atoms with E-state index < -0.39 is 16.1 Å². The summed E-state index contributed by atoms with van der Waals surface area (Å²) in [5, 5.41) is 0. The molecule has 44 heavy (non-hydrogen) atoms. The Morgan fingerprint density at radius 3 is 1.00 bits per heavy atom. The molecule has 4 heteroatoms. The first-order valence-electron chi connectivity index (χ1n) is 16.3. The molecule has 4 atom stereocenters. The molecule has 0 saturated heterocycles. The second kappa shape index (κ2) is 11.7. The first kappa shape index (κ1) is 29.1. The molecular weight excluding hydrogens is 565 g/mol. The summed E-state index contributed by atoms with van der Waals surface area (Å²) in [7, 11) is -2.95. The molecule has 5 aromatic rings. The Hall–Kier alpha value is -3.61. The minimum atomic E-state index is -1.48. The van der Waals surface area contributed by atoms with Gasteiger partial charge in [-0.3, -0.25) is 9.97 Å². The van der Waals surface area contributed by atoms with Gasteiger partial charge in [-0.2, -0.15) is 0 Å². The highest BCUT2D eigenvalue weighted by Crippen LogP contribution is 2.66. The van der Waals surface area contributed by atoms with E-state index in [4.69, 9.17) is 0 Å². The number of hydrogen-bond acceptors (Lipinski definition) is 2. The van der Waals surface area contributed by atoms with Gasteiger partial charge in [0.1, 0.15) is 0 Å². The van der Waals surface area contributed by atoms with Crippen LogP contribution >= 0.6 is 0 Å². The molecule has 2 aromatic heterocycles. The Bertz CT molecular complexity index is 1570. The molecule has 3 aromatic carbocycles. The average molecular weight is 609 g/mol. The molecule has 0 spiro atoms. The molecule has 222 valence electrons. The van der Waals surface area contributed by atoms with E-state index in [0.717, 1.165) is 0 Å². The SMILES string of the molecule is C[Si]1(C)Cc2ccc(cc2)C[Si](C)(C)Cc2ccc(cc2)[C@H]2[C@@H](c3ccc(cc3)C1)[C@H](c1cccnc1)[C@@H]2c1cccnc1. The lowest BCUT2D eigenvalue weighted by Crippen LogP contribution is -2.40. The fraction of sp³-hybridized carbons (Fsp3) is 0.300. The minimum absolute atomic E-state index is 0.348. The quantitative estimate of drug-likeness (QED) is 0.187. The number of aromatic nitrogens is 2. The molecule has 2 nitrogen and oxygen atoms in total. The van der Waals surface area contributed by atoms with Crippen LogP contribution < -0.4 is 0 Å². The Morgan fingerprint density at radius 2 is 0.705 bits per heavy atom. The Kier molecular flexibility index (Phi) is 7.76. The van der Waals surface area contributed by atoms with E-state index >= 15 is 0 Å². The van der Waals surface area contributed by atoms with Crippen molar-refractivity contribution in [3.05, 3.63) is 166 Å². The van der Waals surface area contributed by atoms with Crippen molar-refractivity contribution in [1.82, 2.24) is 9.97 Å². The molecule has 1 aliphatic carbocycles. The summed E-state index contributed by atoms with van der Waals surface area (Å²) in [6.45, 7) is 10.2. The summed E-state index contributed by atoms with van der Waals surface area (Å²) in [6, 6.07) is 42.7. The number of pyridine rings is 2. The lowest BCUT2D eigenvalue weighted by Gasteiger charge is -2.53. The largest absolute Gasteiger partial charge is 0.264 e. The van der Waals surface area contributed by atoms with E-state index in [1.54, 1.807) is 0 Å². The fourth-order valence-electron chi connectivity index (χ4n) is 8.38. The fourth-order valence-corrected chi connectivity index (χ4v) is 14.0. The van der Waals surface area contributed by atoms with Crippen molar-refractivity contribution in [2.24, 2.45) is 0 Å². The van der Waals surface area contributed by atoms with Crippen LogP contribution in [-0.2, 0) is 24.2 Å². The van der Waals surface area contributed by atoms with Gasteiger partial charge in [0.25, 0.3) is 0 Å². The Morgan fingerprint density at radius 1 is 0.409 bits per heavy atom. The van der Waals surface area contributed by atoms with E-state index in [9.17, 15) is 0 Å². The van der Waals surface area contributed by atoms with Crippen molar-refractivity contribution in [1.29, 1.82) is 0 Å². The van der Waals surface area contributed by atoms with Crippen molar-refractivity contribution in [3.8, 4) is 0 Å². The zero-order valence-electron chi connectivity index (χ0n) is 26.6. The van der Waals surface area contributed by atoms with E-state index in [2.05, 4.69) is 146 Å². The maximum Gasteiger partial charge on any atom is 0.0561 e. The monoisotopic (exact) mass is 608 g/mol. The van der Waals surface area contributed by atoms with E-state index in [1.165, 1.54) is 68.7 Å². The topological polar surface area (TPSA) is 25.8 Å². The lowest BCUT2D eigenvalue weighted by atomic mass is 9.49. The standard InChI is InChI=1S/C40H44N2Si2/c1-43(2)25-29-9-11-30(12-10-29)26-44(3,4)28-32-15-19-34(20-16-32)38-37(33-17-13-31(27-43)14-18-33)39(35-7-5-21-41-23-35)40(38)36-8-6-22-42-24-36/h5-24,37-40H,25-28H2,1-4H3/t37-,38+,39+,40-. The third-order valence-electron chi connectivity index (χ3n) is 10.2. The van der Waals surface area contributed by atoms with Crippen LogP contribution in [-0.4, -0.2) is 26.1 Å². The normalized spacial score (nSPS) is 23.9. The Balaban J connectivity index is 1.34. The van der Waals surface area contributed by atoms with Crippen molar-refractivity contribution in [2.45, 2.75) is 74.0 Å². The van der Waals surface area contributed by atoms with Gasteiger partial charge in [-0.15, -0.1) is 0 Å². The molecule has 10 rings (SSSR count). The number of rotatable bonds is 2. The number of nitrogens with zero attached hydrogens (tertiary/aromatic N) is 2. The highest BCUT2D eigenvalue weighted by molar-refractivity contribution is 6.76. The van der Waals surface area contributed by atoms with E-state index in [-0.39, 0.29) is 0 Å². The first-order valence-corrected chi connectivity index (χ1v) is 23.1. The van der Waals surface area contributed by atoms with Crippen molar-refractivity contribution in [2.75, 3.05) is 0 Å². The van der Waals surface area contributed by atoms with Gasteiger partial charge in [0, 0.05) is 36.6 Å². The summed E-state index contributed by atoms with van der Waals surface area (Å²) in [4.78, 5) is 9.15. The molecule has 0 N–H and O–H groups in total. The zero-order valence-corrected chi connectivity index (χ0v) is 28.6. The van der Waals surface area contributed by atoms with Gasteiger partial charge in [-0.1, -0.05) is 133 Å². The predicted molar refractivity (Wildman–Crippen MR) is 189 cm³/mol. The first-order chi connectivity index (χ1) is 21.2. The van der Waals surface area contributed by atoms with Crippen LogP contribution in [0.25, 0.3) is 0 Å². The van der Waals surface area contributed by atoms with Crippen molar-refractivity contribution >= 4 is 16.1 Å². The summed E-state index contributed by atoms with van der Waals surface area (Å²) in [5.41, 5.74) is 11.5. The van der Waals surface area contributed by atoms with Crippen LogP contribution in [0.4, 0.5) is 0 Å². The molecule has 1 fully saturated rings. The molecule has 6 heterocycles. The van der Waals surface area contributed by atoms with E-state index in [1.807, 2.05) is 12.4 Å². The maximum atomic E-state index is 4.57. The van der Waals surface area contributed by atoms with Gasteiger partial charge < -0.3 is 0 Å². The summed E-state index contributed by atoms with van der Waals surface area (Å²) in [6.07, 6.45) is 7.97. The molecule has 6 bridgehead atoms. The molecular formula is C40H44N2Si2. The van der Waals surface area contributed by atoms with Crippen LogP contribution in [0.2, 0.25) is 26.2 Å². The van der Waals surface area contributed by atoms with Crippen LogP contribution in [0.3, 0.4) is 0 Å². The third-order valence-corrected chi connectivity index (χ3v) is 15.6. The van der Waals surface area contributed by atoms with Crippen molar-refractivity contribution in [3.63, 3.8) is 0 Å². The van der Waals surface area contributed by atoms with Gasteiger partial charge in [0.15, 0.2) is 0 Å². The lowest BCUT2D eigenvalue weighted by molar-refractivity contribution is 0.228. The predicted octanol–water partition coefficient (Wildman–Crippen LogP) is 9.38. The molecule has 1 saturated carbocycles. The van der Waals surface area contributed by atoms with Crippen molar-refractivity contribution < 1.29 is 0 Å². The van der Waals surface area contributed by atoms with Crippen LogP contribution in [0, 0.1) is 0 Å². The number of fused-ring (bicyclic) bond motifs is 3. The van der Waals surface area contributed by atoms with Gasteiger partial charge >= 0.3 is 0 Å². The summed E-state index contributed by atoms with van der Waals surface area (Å²) < 4.78 is 0. The summed E-state index contributed by atoms with van der Waals surface area (Å²) in [5.74, 6) is 1.45. The van der Waals surface area contributed by atoms with E-state index in [0.29, 0.717) is 23.7 Å². The van der Waals surface area contributed by atoms with Gasteiger partial charge in [0.05, 0.1) is 16.1 Å². The second-order valence-electron chi connectivity index (χ2n) is 15.0. The third kappa shape index (κ3) is 6.03. The second-order valence-corrected chi connectivity index (χ2v) is 25.1. The number of hydrogen-bond donors (Lipinski definition) is 0. The molecule has 5 aliphatic rings. The van der Waals surface area contributed by atoms with Crippen LogP contribution in [0.1, 0.15) is 68.2 Å². The maximum absolute atomic E-state index is 4.57. The Labute approximate surface area is 265 Å². The molecule has 4 aliphatic heterocycles. The molecule has 0 radical (unpaired) electrons. The van der Waals surface area contributed by atoms with Gasteiger partial charge in [-0.05, 0) is 70.4 Å². The highest BCUT2D eigenvalue weighted by Gasteiger charge is 2.52. The molecule has 0 amide bonds. The molecule has 0 unspecified atom stereocenters. The highest BCUT2D eigenvalue weighted by atomic mass is 28.3.